The van der Waals surface area contributed by atoms with Crippen molar-refractivity contribution >= 4 is 21.8 Å². The standard InChI is InChI=1S/C14H24N2O3S2/c1-12(20-2)8-10-16-21(17,18)14-6-4-13(5-7-14)19-11-3-9-15/h4-7,12,16H,3,8-11,15H2,1-2H3. The Morgan fingerprint density at radius 1 is 1.33 bits per heavy atom. The average Bonchev–Trinajstić information content (AvgIpc) is 2.47. The van der Waals surface area contributed by atoms with Gasteiger partial charge in [0, 0.05) is 11.8 Å². The van der Waals surface area contributed by atoms with Gasteiger partial charge < -0.3 is 10.5 Å². The van der Waals surface area contributed by atoms with Gasteiger partial charge in [-0.3, -0.25) is 0 Å². The Hall–Kier alpha value is -0.760. The van der Waals surface area contributed by atoms with E-state index in [9.17, 15) is 8.42 Å². The summed E-state index contributed by atoms with van der Waals surface area (Å²) >= 11 is 1.72. The molecule has 5 nitrogen and oxygen atoms in total. The molecule has 3 N–H and O–H groups in total. The smallest absolute Gasteiger partial charge is 0.240 e. The lowest BCUT2D eigenvalue weighted by Gasteiger charge is -2.10. The molecule has 0 aliphatic heterocycles. The predicted octanol–water partition coefficient (Wildman–Crippen LogP) is 1.83. The van der Waals surface area contributed by atoms with Crippen LogP contribution in [-0.4, -0.2) is 39.6 Å². The first-order chi connectivity index (χ1) is 9.99. The number of benzene rings is 1. The Morgan fingerprint density at radius 3 is 2.57 bits per heavy atom. The Morgan fingerprint density at radius 2 is 2.00 bits per heavy atom. The van der Waals surface area contributed by atoms with Crippen LogP contribution < -0.4 is 15.2 Å². The molecule has 0 heterocycles. The monoisotopic (exact) mass is 332 g/mol. The molecule has 1 unspecified atom stereocenters. The fourth-order valence-corrected chi connectivity index (χ4v) is 2.99. The lowest BCUT2D eigenvalue weighted by Crippen LogP contribution is -2.26. The molecule has 1 aromatic rings. The molecule has 1 atom stereocenters. The number of ether oxygens (including phenoxy) is 1. The second-order valence-corrected chi connectivity index (χ2v) is 7.74. The zero-order chi connectivity index (χ0) is 15.7. The highest BCUT2D eigenvalue weighted by molar-refractivity contribution is 7.99. The van der Waals surface area contributed by atoms with E-state index in [1.165, 1.54) is 0 Å². The average molecular weight is 332 g/mol. The first-order valence-corrected chi connectivity index (χ1v) is 9.72. The van der Waals surface area contributed by atoms with Crippen LogP contribution in [0.1, 0.15) is 19.8 Å². The summed E-state index contributed by atoms with van der Waals surface area (Å²) in [6.07, 6.45) is 3.60. The zero-order valence-corrected chi connectivity index (χ0v) is 14.2. The molecule has 0 spiro atoms. The molecular formula is C14H24N2O3S2. The van der Waals surface area contributed by atoms with Crippen LogP contribution >= 0.6 is 11.8 Å². The molecule has 0 bridgehead atoms. The van der Waals surface area contributed by atoms with E-state index < -0.39 is 10.0 Å². The summed E-state index contributed by atoms with van der Waals surface area (Å²) in [5.41, 5.74) is 5.38. The van der Waals surface area contributed by atoms with Crippen molar-refractivity contribution < 1.29 is 13.2 Å². The number of nitrogens with one attached hydrogen (secondary N) is 1. The molecule has 0 saturated carbocycles. The topological polar surface area (TPSA) is 81.4 Å². The third kappa shape index (κ3) is 6.69. The van der Waals surface area contributed by atoms with E-state index in [0.29, 0.717) is 30.7 Å². The highest BCUT2D eigenvalue weighted by Crippen LogP contribution is 2.16. The van der Waals surface area contributed by atoms with Crippen LogP contribution in [0.25, 0.3) is 0 Å². The van der Waals surface area contributed by atoms with Gasteiger partial charge in [-0.05, 0) is 49.9 Å². The Kier molecular flexibility index (Phi) is 8.10. The molecule has 21 heavy (non-hydrogen) atoms. The molecule has 0 radical (unpaired) electrons. The van der Waals surface area contributed by atoms with Gasteiger partial charge in [0.2, 0.25) is 10.0 Å². The van der Waals surface area contributed by atoms with Crippen molar-refractivity contribution in [3.8, 4) is 5.75 Å². The second-order valence-electron chi connectivity index (χ2n) is 4.69. The summed E-state index contributed by atoms with van der Waals surface area (Å²) in [5, 5.41) is 0.436. The molecule has 7 heteroatoms. The maximum Gasteiger partial charge on any atom is 0.240 e. The van der Waals surface area contributed by atoms with Crippen molar-refractivity contribution in [2.75, 3.05) is 26.0 Å². The Bertz CT molecular complexity index is 503. The van der Waals surface area contributed by atoms with Crippen molar-refractivity contribution in [2.24, 2.45) is 5.73 Å². The minimum absolute atomic E-state index is 0.255. The van der Waals surface area contributed by atoms with Gasteiger partial charge in [0.05, 0.1) is 11.5 Å². The number of rotatable bonds is 10. The summed E-state index contributed by atoms with van der Waals surface area (Å²) in [4.78, 5) is 0.255. The van der Waals surface area contributed by atoms with Gasteiger partial charge in [-0.15, -0.1) is 0 Å². The number of hydrogen-bond acceptors (Lipinski definition) is 5. The van der Waals surface area contributed by atoms with E-state index in [0.717, 1.165) is 12.8 Å². The minimum Gasteiger partial charge on any atom is -0.494 e. The van der Waals surface area contributed by atoms with Gasteiger partial charge in [-0.1, -0.05) is 6.92 Å². The molecular weight excluding hydrogens is 308 g/mol. The van der Waals surface area contributed by atoms with Crippen molar-refractivity contribution in [2.45, 2.75) is 29.9 Å². The van der Waals surface area contributed by atoms with Gasteiger partial charge in [0.15, 0.2) is 0 Å². The minimum atomic E-state index is -3.44. The van der Waals surface area contributed by atoms with Crippen LogP contribution in [-0.2, 0) is 10.0 Å². The molecule has 1 rings (SSSR count). The fourth-order valence-electron chi connectivity index (χ4n) is 1.59. The molecule has 0 aromatic heterocycles. The van der Waals surface area contributed by atoms with Gasteiger partial charge in [-0.25, -0.2) is 13.1 Å². The molecule has 0 amide bonds. The quantitative estimate of drug-likeness (QED) is 0.639. The maximum absolute atomic E-state index is 12.1. The second kappa shape index (κ2) is 9.30. The van der Waals surface area contributed by atoms with Crippen molar-refractivity contribution in [1.29, 1.82) is 0 Å². The predicted molar refractivity (Wildman–Crippen MR) is 88.4 cm³/mol. The van der Waals surface area contributed by atoms with E-state index in [-0.39, 0.29) is 4.90 Å². The van der Waals surface area contributed by atoms with Crippen LogP contribution in [0.3, 0.4) is 0 Å². The lowest BCUT2D eigenvalue weighted by molar-refractivity contribution is 0.313. The van der Waals surface area contributed by atoms with E-state index in [1.54, 1.807) is 36.0 Å². The summed E-state index contributed by atoms with van der Waals surface area (Å²) in [6.45, 7) is 3.63. The summed E-state index contributed by atoms with van der Waals surface area (Å²) in [5.74, 6) is 0.651. The van der Waals surface area contributed by atoms with Crippen molar-refractivity contribution in [1.82, 2.24) is 4.72 Å². The van der Waals surface area contributed by atoms with Gasteiger partial charge in [-0.2, -0.15) is 11.8 Å². The lowest BCUT2D eigenvalue weighted by atomic mass is 10.3. The molecule has 0 saturated heterocycles. The normalized spacial score (nSPS) is 13.1. The Labute approximate surface area is 131 Å². The van der Waals surface area contributed by atoms with E-state index >= 15 is 0 Å². The van der Waals surface area contributed by atoms with Gasteiger partial charge in [0.25, 0.3) is 0 Å². The van der Waals surface area contributed by atoms with Gasteiger partial charge >= 0.3 is 0 Å². The zero-order valence-electron chi connectivity index (χ0n) is 12.5. The highest BCUT2D eigenvalue weighted by Gasteiger charge is 2.13. The SMILES string of the molecule is CSC(C)CCNS(=O)(=O)c1ccc(OCCCN)cc1. The third-order valence-corrected chi connectivity index (χ3v) is 5.51. The number of thioether (sulfide) groups is 1. The summed E-state index contributed by atoms with van der Waals surface area (Å²) < 4.78 is 32.3. The van der Waals surface area contributed by atoms with Crippen molar-refractivity contribution in [3.05, 3.63) is 24.3 Å². The molecule has 0 fully saturated rings. The van der Waals surface area contributed by atoms with Crippen LogP contribution in [0.5, 0.6) is 5.75 Å². The van der Waals surface area contributed by atoms with E-state index in [1.807, 2.05) is 6.26 Å². The van der Waals surface area contributed by atoms with Crippen LogP contribution in [0.2, 0.25) is 0 Å². The number of sulfonamides is 1. The first kappa shape index (κ1) is 18.3. The molecule has 0 aliphatic rings. The van der Waals surface area contributed by atoms with Crippen molar-refractivity contribution in [3.63, 3.8) is 0 Å². The van der Waals surface area contributed by atoms with Crippen LogP contribution in [0.15, 0.2) is 29.2 Å². The summed E-state index contributed by atoms with van der Waals surface area (Å²) in [6, 6.07) is 6.43. The molecule has 0 aliphatic carbocycles. The number of hydrogen-bond donors (Lipinski definition) is 2. The van der Waals surface area contributed by atoms with E-state index in [4.69, 9.17) is 10.5 Å². The highest BCUT2D eigenvalue weighted by atomic mass is 32.2. The maximum atomic E-state index is 12.1. The summed E-state index contributed by atoms with van der Waals surface area (Å²) in [7, 11) is -3.44. The van der Waals surface area contributed by atoms with Crippen LogP contribution in [0, 0.1) is 0 Å². The third-order valence-electron chi connectivity index (χ3n) is 3.00. The first-order valence-electron chi connectivity index (χ1n) is 6.95. The molecule has 1 aromatic carbocycles. The molecule has 120 valence electrons. The van der Waals surface area contributed by atoms with Crippen LogP contribution in [0.4, 0.5) is 0 Å². The van der Waals surface area contributed by atoms with E-state index in [2.05, 4.69) is 11.6 Å². The number of nitrogens with two attached hydrogens (primary N) is 1. The van der Waals surface area contributed by atoms with Gasteiger partial charge in [0.1, 0.15) is 5.75 Å². The fraction of sp³-hybridized carbons (Fsp3) is 0.571. The Balaban J connectivity index is 2.54. The largest absolute Gasteiger partial charge is 0.494 e.